The van der Waals surface area contributed by atoms with Crippen LogP contribution in [0.2, 0.25) is 0 Å². The second kappa shape index (κ2) is 7.11. The monoisotopic (exact) mass is 419 g/mol. The van der Waals surface area contributed by atoms with Gasteiger partial charge in [0.05, 0.1) is 11.0 Å². The number of fused-ring (bicyclic) bond motifs is 2. The summed E-state index contributed by atoms with van der Waals surface area (Å²) in [4.78, 5) is 35.1. The fourth-order valence-corrected chi connectivity index (χ4v) is 4.31. The number of hydrogen-bond acceptors (Lipinski definition) is 5. The number of esters is 1. The van der Waals surface area contributed by atoms with E-state index in [1.807, 2.05) is 37.3 Å². The molecule has 2 aromatic carbocycles. The lowest BCUT2D eigenvalue weighted by molar-refractivity contribution is -0.177. The number of aryl methyl sites for hydroxylation is 1. The molecule has 0 saturated carbocycles. The van der Waals surface area contributed by atoms with Crippen molar-refractivity contribution in [1.29, 1.82) is 0 Å². The first kappa shape index (κ1) is 19.6. The van der Waals surface area contributed by atoms with Crippen molar-refractivity contribution >= 4 is 22.9 Å². The van der Waals surface area contributed by atoms with Gasteiger partial charge >= 0.3 is 5.97 Å². The molecule has 1 N–H and O–H groups in total. The molecule has 7 heteroatoms. The van der Waals surface area contributed by atoms with Gasteiger partial charge in [0.1, 0.15) is 17.1 Å². The molecule has 0 bridgehead atoms. The van der Waals surface area contributed by atoms with Gasteiger partial charge in [0.15, 0.2) is 0 Å². The number of rotatable bonds is 2. The maximum absolute atomic E-state index is 13.0. The number of nitrogens with zero attached hydrogens (tertiary/aromatic N) is 2. The van der Waals surface area contributed by atoms with Crippen molar-refractivity contribution in [1.82, 2.24) is 14.9 Å². The number of aromatic nitrogens is 2. The number of likely N-dealkylation sites (tertiary alicyclic amines) is 1. The summed E-state index contributed by atoms with van der Waals surface area (Å²) in [7, 11) is 0. The molecule has 3 aromatic rings. The summed E-state index contributed by atoms with van der Waals surface area (Å²) in [5, 5.41) is 0. The Morgan fingerprint density at radius 1 is 1.13 bits per heavy atom. The van der Waals surface area contributed by atoms with E-state index in [1.165, 1.54) is 0 Å². The summed E-state index contributed by atoms with van der Waals surface area (Å²) < 4.78 is 11.9. The third-order valence-corrected chi connectivity index (χ3v) is 6.12. The SMILES string of the molecule is Cc1nc2ccc(C(=O)N3CCC4(CC3)OC(=O)c3cc(C(C)C)ccc3O4)cc2[nH]1. The molecule has 3 heterocycles. The van der Waals surface area contributed by atoms with E-state index in [0.29, 0.717) is 48.7 Å². The fraction of sp³-hybridized carbons (Fsp3) is 0.375. The number of nitrogens with one attached hydrogen (secondary N) is 1. The van der Waals surface area contributed by atoms with E-state index in [-0.39, 0.29) is 11.9 Å². The first-order valence-corrected chi connectivity index (χ1v) is 10.7. The van der Waals surface area contributed by atoms with Gasteiger partial charge in [-0.15, -0.1) is 0 Å². The highest BCUT2D eigenvalue weighted by Gasteiger charge is 2.45. The van der Waals surface area contributed by atoms with Crippen LogP contribution in [-0.4, -0.2) is 45.6 Å². The summed E-state index contributed by atoms with van der Waals surface area (Å²) in [6, 6.07) is 11.2. The van der Waals surface area contributed by atoms with Crippen LogP contribution in [0.1, 0.15) is 64.7 Å². The van der Waals surface area contributed by atoms with Crippen molar-refractivity contribution in [3.63, 3.8) is 0 Å². The molecular formula is C24H25N3O4. The van der Waals surface area contributed by atoms with E-state index in [0.717, 1.165) is 22.4 Å². The number of aromatic amines is 1. The molecule has 1 aromatic heterocycles. The molecule has 160 valence electrons. The molecule has 0 atom stereocenters. The van der Waals surface area contributed by atoms with Crippen molar-refractivity contribution in [2.24, 2.45) is 0 Å². The number of benzene rings is 2. The van der Waals surface area contributed by atoms with Crippen molar-refractivity contribution in [3.05, 3.63) is 58.9 Å². The number of hydrogen-bond donors (Lipinski definition) is 1. The molecule has 31 heavy (non-hydrogen) atoms. The van der Waals surface area contributed by atoms with E-state index in [4.69, 9.17) is 9.47 Å². The highest BCUT2D eigenvalue weighted by Crippen LogP contribution is 2.38. The minimum atomic E-state index is -1.01. The van der Waals surface area contributed by atoms with Crippen molar-refractivity contribution < 1.29 is 19.1 Å². The van der Waals surface area contributed by atoms with Gasteiger partial charge < -0.3 is 19.4 Å². The first-order valence-electron chi connectivity index (χ1n) is 10.7. The van der Waals surface area contributed by atoms with Crippen molar-refractivity contribution in [2.45, 2.75) is 45.3 Å². The molecule has 5 rings (SSSR count). The Hall–Kier alpha value is -3.35. The molecule has 1 amide bonds. The number of amides is 1. The van der Waals surface area contributed by atoms with Crippen LogP contribution in [0.15, 0.2) is 36.4 Å². The zero-order valence-corrected chi connectivity index (χ0v) is 17.9. The Kier molecular flexibility index (Phi) is 4.50. The summed E-state index contributed by atoms with van der Waals surface area (Å²) in [6.07, 6.45) is 0.864. The number of ether oxygens (including phenoxy) is 2. The second-order valence-electron chi connectivity index (χ2n) is 8.66. The Bertz CT molecular complexity index is 1190. The first-order chi connectivity index (χ1) is 14.8. The predicted octanol–water partition coefficient (Wildman–Crippen LogP) is 4.18. The van der Waals surface area contributed by atoms with Gasteiger partial charge in [0.2, 0.25) is 0 Å². The Balaban J connectivity index is 1.31. The van der Waals surface area contributed by atoms with Crippen LogP contribution >= 0.6 is 0 Å². The van der Waals surface area contributed by atoms with E-state index in [2.05, 4.69) is 23.8 Å². The van der Waals surface area contributed by atoms with Crippen LogP contribution in [-0.2, 0) is 4.74 Å². The zero-order chi connectivity index (χ0) is 21.8. The molecule has 0 radical (unpaired) electrons. The van der Waals surface area contributed by atoms with Gasteiger partial charge in [-0.2, -0.15) is 0 Å². The maximum Gasteiger partial charge on any atom is 0.345 e. The minimum Gasteiger partial charge on any atom is -0.451 e. The quantitative estimate of drug-likeness (QED) is 0.630. The van der Waals surface area contributed by atoms with Crippen LogP contribution in [0.3, 0.4) is 0 Å². The Labute approximate surface area is 180 Å². The molecule has 1 saturated heterocycles. The number of imidazole rings is 1. The van der Waals surface area contributed by atoms with E-state index in [1.54, 1.807) is 11.0 Å². The molecular weight excluding hydrogens is 394 g/mol. The zero-order valence-electron chi connectivity index (χ0n) is 17.9. The molecule has 0 aliphatic carbocycles. The molecule has 1 fully saturated rings. The molecule has 7 nitrogen and oxygen atoms in total. The van der Waals surface area contributed by atoms with Crippen molar-refractivity contribution in [3.8, 4) is 5.75 Å². The highest BCUT2D eigenvalue weighted by molar-refractivity contribution is 5.97. The van der Waals surface area contributed by atoms with Gasteiger partial charge in [-0.05, 0) is 48.7 Å². The van der Waals surface area contributed by atoms with Crippen LogP contribution < -0.4 is 4.74 Å². The molecule has 2 aliphatic heterocycles. The van der Waals surface area contributed by atoms with Gasteiger partial charge in [0, 0.05) is 31.5 Å². The summed E-state index contributed by atoms with van der Waals surface area (Å²) >= 11 is 0. The number of piperidine rings is 1. The standard InChI is InChI=1S/C24H25N3O4/c1-14(2)16-5-7-21-18(12-16)23(29)31-24(30-21)8-10-27(11-9-24)22(28)17-4-6-19-20(13-17)26-15(3)25-19/h4-7,12-14H,8-11H2,1-3H3,(H,25,26). The number of carbonyl (C=O) groups excluding carboxylic acids is 2. The van der Waals surface area contributed by atoms with Gasteiger partial charge in [-0.3, -0.25) is 4.79 Å². The lowest BCUT2D eigenvalue weighted by atomic mass is 9.97. The smallest absolute Gasteiger partial charge is 0.345 e. The summed E-state index contributed by atoms with van der Waals surface area (Å²) in [5.41, 5.74) is 3.84. The fourth-order valence-electron chi connectivity index (χ4n) is 4.31. The Morgan fingerprint density at radius 3 is 2.65 bits per heavy atom. The lowest BCUT2D eigenvalue weighted by Gasteiger charge is -2.43. The highest BCUT2D eigenvalue weighted by atomic mass is 16.7. The maximum atomic E-state index is 13.0. The third kappa shape index (κ3) is 3.44. The van der Waals surface area contributed by atoms with Crippen molar-refractivity contribution in [2.75, 3.05) is 13.1 Å². The predicted molar refractivity (Wildman–Crippen MR) is 115 cm³/mol. The summed E-state index contributed by atoms with van der Waals surface area (Å²) in [5.74, 6) is 0.270. The third-order valence-electron chi connectivity index (χ3n) is 6.12. The van der Waals surface area contributed by atoms with E-state index >= 15 is 0 Å². The average Bonchev–Trinajstić information content (AvgIpc) is 3.12. The Morgan fingerprint density at radius 2 is 1.90 bits per heavy atom. The van der Waals surface area contributed by atoms with E-state index in [9.17, 15) is 9.59 Å². The largest absolute Gasteiger partial charge is 0.451 e. The van der Waals surface area contributed by atoms with Crippen LogP contribution in [0.5, 0.6) is 5.75 Å². The van der Waals surface area contributed by atoms with Gasteiger partial charge in [-0.25, -0.2) is 9.78 Å². The van der Waals surface area contributed by atoms with Crippen LogP contribution in [0.4, 0.5) is 0 Å². The number of H-pyrrole nitrogens is 1. The minimum absolute atomic E-state index is 0.0480. The summed E-state index contributed by atoms with van der Waals surface area (Å²) in [6.45, 7) is 6.95. The lowest BCUT2D eigenvalue weighted by Crippen LogP contribution is -2.53. The van der Waals surface area contributed by atoms with Gasteiger partial charge in [-0.1, -0.05) is 19.9 Å². The molecule has 0 unspecified atom stereocenters. The van der Waals surface area contributed by atoms with Crippen LogP contribution in [0, 0.1) is 6.92 Å². The van der Waals surface area contributed by atoms with E-state index < -0.39 is 5.79 Å². The normalized spacial score (nSPS) is 17.5. The number of carbonyl (C=O) groups is 2. The second-order valence-corrected chi connectivity index (χ2v) is 8.66. The molecule has 1 spiro atoms. The topological polar surface area (TPSA) is 84.5 Å². The van der Waals surface area contributed by atoms with Crippen LogP contribution in [0.25, 0.3) is 11.0 Å². The molecule has 2 aliphatic rings. The van der Waals surface area contributed by atoms with Gasteiger partial charge in [0.25, 0.3) is 11.7 Å². The average molecular weight is 419 g/mol.